The largest absolute Gasteiger partial charge is 0.494 e. The van der Waals surface area contributed by atoms with Crippen molar-refractivity contribution in [2.45, 2.75) is 19.1 Å². The third-order valence-electron chi connectivity index (χ3n) is 4.58. The summed E-state index contributed by atoms with van der Waals surface area (Å²) < 4.78 is 7.29. The van der Waals surface area contributed by atoms with Crippen LogP contribution in [0, 0.1) is 6.92 Å². The fourth-order valence-corrected chi connectivity index (χ4v) is 4.75. The minimum Gasteiger partial charge on any atom is -0.494 e. The van der Waals surface area contributed by atoms with Crippen LogP contribution in [-0.2, 0) is 4.79 Å². The van der Waals surface area contributed by atoms with Gasteiger partial charge in [-0.15, -0.1) is 11.8 Å². The summed E-state index contributed by atoms with van der Waals surface area (Å²) in [6.07, 6.45) is 0. The number of nitrogens with zero attached hydrogens (tertiary/aromatic N) is 2. The normalized spacial score (nSPS) is 16.2. The Kier molecular flexibility index (Phi) is 5.33. The van der Waals surface area contributed by atoms with Crippen molar-refractivity contribution in [2.24, 2.45) is 0 Å². The van der Waals surface area contributed by atoms with E-state index in [0.717, 1.165) is 28.3 Å². The highest BCUT2D eigenvalue weighted by Crippen LogP contribution is 2.44. The molecule has 3 aromatic rings. The maximum absolute atomic E-state index is 12.4. The van der Waals surface area contributed by atoms with Crippen molar-refractivity contribution in [1.29, 1.82) is 0 Å². The predicted octanol–water partition coefficient (Wildman–Crippen LogP) is 5.01. The van der Waals surface area contributed by atoms with Crippen LogP contribution < -0.4 is 10.1 Å². The van der Waals surface area contributed by atoms with E-state index in [0.29, 0.717) is 23.2 Å². The van der Waals surface area contributed by atoms with E-state index in [1.165, 1.54) is 0 Å². The Hall–Kier alpha value is -2.44. The number of thioether (sulfide) groups is 1. The Balaban J connectivity index is 1.83. The number of rotatable bonds is 4. The first-order chi connectivity index (χ1) is 13.6. The lowest BCUT2D eigenvalue weighted by Crippen LogP contribution is -2.16. The molecule has 144 valence electrons. The molecule has 7 heteroatoms. The summed E-state index contributed by atoms with van der Waals surface area (Å²) in [5.41, 5.74) is 3.71. The van der Waals surface area contributed by atoms with Crippen LogP contribution in [-0.4, -0.2) is 28.0 Å². The monoisotopic (exact) mass is 413 g/mol. The van der Waals surface area contributed by atoms with Crippen molar-refractivity contribution < 1.29 is 9.53 Å². The molecule has 1 N–H and O–H groups in total. The molecule has 0 unspecified atom stereocenters. The van der Waals surface area contributed by atoms with Gasteiger partial charge in [0.05, 0.1) is 34.0 Å². The first-order valence-electron chi connectivity index (χ1n) is 9.07. The van der Waals surface area contributed by atoms with E-state index < -0.39 is 0 Å². The highest BCUT2D eigenvalue weighted by Gasteiger charge is 2.30. The summed E-state index contributed by atoms with van der Waals surface area (Å²) in [6.45, 7) is 4.56. The molecule has 0 aliphatic carbocycles. The molecule has 0 spiro atoms. The molecule has 2 aromatic carbocycles. The minimum atomic E-state index is -0.0482. The van der Waals surface area contributed by atoms with Gasteiger partial charge in [0.15, 0.2) is 0 Å². The van der Waals surface area contributed by atoms with Crippen LogP contribution in [0.4, 0.5) is 5.82 Å². The second kappa shape index (κ2) is 7.89. The number of benzene rings is 2. The van der Waals surface area contributed by atoms with Gasteiger partial charge in [-0.1, -0.05) is 35.9 Å². The highest BCUT2D eigenvalue weighted by atomic mass is 35.5. The van der Waals surface area contributed by atoms with E-state index in [2.05, 4.69) is 17.4 Å². The molecule has 1 atom stereocenters. The van der Waals surface area contributed by atoms with E-state index in [-0.39, 0.29) is 11.2 Å². The van der Waals surface area contributed by atoms with Crippen LogP contribution in [0.1, 0.15) is 29.0 Å². The van der Waals surface area contributed by atoms with Gasteiger partial charge in [-0.25, -0.2) is 4.68 Å². The van der Waals surface area contributed by atoms with Crippen LogP contribution >= 0.6 is 23.4 Å². The van der Waals surface area contributed by atoms with Gasteiger partial charge in [-0.05, 0) is 43.7 Å². The zero-order valence-electron chi connectivity index (χ0n) is 15.6. The maximum Gasteiger partial charge on any atom is 0.235 e. The molecule has 0 saturated heterocycles. The number of ether oxygens (including phenoxy) is 1. The molecule has 0 radical (unpaired) electrons. The Morgan fingerprint density at radius 2 is 2.00 bits per heavy atom. The zero-order chi connectivity index (χ0) is 19.7. The van der Waals surface area contributed by atoms with Crippen LogP contribution in [0.15, 0.2) is 48.5 Å². The lowest BCUT2D eigenvalue weighted by molar-refractivity contribution is -0.113. The summed E-state index contributed by atoms with van der Waals surface area (Å²) >= 11 is 7.99. The first kappa shape index (κ1) is 18.9. The standard InChI is InChI=1S/C21H20ClN3O2S/c1-3-27-15-10-8-14(9-11-15)20-19-13(2)24-25(17-7-5-4-6-16(17)22)21(19)23-18(26)12-28-20/h4-11,20H,3,12H2,1-2H3,(H,23,26)/t20-/m1/s1. The van der Waals surface area contributed by atoms with E-state index in [4.69, 9.17) is 21.4 Å². The van der Waals surface area contributed by atoms with Crippen LogP contribution in [0.3, 0.4) is 0 Å². The fraction of sp³-hybridized carbons (Fsp3) is 0.238. The van der Waals surface area contributed by atoms with Crippen molar-refractivity contribution in [1.82, 2.24) is 9.78 Å². The molecular weight excluding hydrogens is 394 g/mol. The second-order valence-corrected chi connectivity index (χ2v) is 7.95. The van der Waals surface area contributed by atoms with Gasteiger partial charge >= 0.3 is 0 Å². The first-order valence-corrected chi connectivity index (χ1v) is 10.5. The molecule has 4 rings (SSSR count). The fourth-order valence-electron chi connectivity index (χ4n) is 3.35. The highest BCUT2D eigenvalue weighted by molar-refractivity contribution is 8.00. The lowest BCUT2D eigenvalue weighted by atomic mass is 10.0. The van der Waals surface area contributed by atoms with Gasteiger partial charge in [0, 0.05) is 5.56 Å². The Labute approximate surface area is 173 Å². The maximum atomic E-state index is 12.4. The van der Waals surface area contributed by atoms with Gasteiger partial charge in [0.2, 0.25) is 5.91 Å². The molecular formula is C21H20ClN3O2S. The molecule has 1 aliphatic rings. The summed E-state index contributed by atoms with van der Waals surface area (Å²) in [4.78, 5) is 12.4. The van der Waals surface area contributed by atoms with Crippen molar-refractivity contribution in [2.75, 3.05) is 17.7 Å². The minimum absolute atomic E-state index is 0.0131. The van der Waals surface area contributed by atoms with E-state index in [1.54, 1.807) is 16.4 Å². The average Bonchev–Trinajstić information content (AvgIpc) is 2.89. The molecule has 0 fully saturated rings. The number of fused-ring (bicyclic) bond motifs is 1. The Morgan fingerprint density at radius 3 is 2.71 bits per heavy atom. The summed E-state index contributed by atoms with van der Waals surface area (Å²) in [7, 11) is 0. The number of hydrogen-bond donors (Lipinski definition) is 1. The van der Waals surface area contributed by atoms with E-state index in [9.17, 15) is 4.79 Å². The molecule has 5 nitrogen and oxygen atoms in total. The van der Waals surface area contributed by atoms with Crippen molar-refractivity contribution >= 4 is 35.1 Å². The summed E-state index contributed by atoms with van der Waals surface area (Å²) in [5.74, 6) is 1.84. The number of aryl methyl sites for hydroxylation is 1. The van der Waals surface area contributed by atoms with Crippen LogP contribution in [0.5, 0.6) is 5.75 Å². The van der Waals surface area contributed by atoms with Crippen molar-refractivity contribution in [3.63, 3.8) is 0 Å². The average molecular weight is 414 g/mol. The smallest absolute Gasteiger partial charge is 0.235 e. The number of carbonyl (C=O) groups excluding carboxylic acids is 1. The predicted molar refractivity (Wildman–Crippen MR) is 114 cm³/mol. The second-order valence-electron chi connectivity index (χ2n) is 6.45. The number of anilines is 1. The summed E-state index contributed by atoms with van der Waals surface area (Å²) in [6, 6.07) is 15.5. The Morgan fingerprint density at radius 1 is 1.25 bits per heavy atom. The van der Waals surface area contributed by atoms with Crippen molar-refractivity contribution in [3.8, 4) is 11.4 Å². The molecule has 2 heterocycles. The number of hydrogen-bond acceptors (Lipinski definition) is 4. The molecule has 1 aliphatic heterocycles. The zero-order valence-corrected chi connectivity index (χ0v) is 17.2. The summed E-state index contributed by atoms with van der Waals surface area (Å²) in [5, 5.41) is 8.30. The van der Waals surface area contributed by atoms with Crippen LogP contribution in [0.2, 0.25) is 5.02 Å². The molecule has 0 bridgehead atoms. The number of para-hydroxylation sites is 1. The molecule has 28 heavy (non-hydrogen) atoms. The number of halogens is 1. The quantitative estimate of drug-likeness (QED) is 0.653. The van der Waals surface area contributed by atoms with Crippen LogP contribution in [0.25, 0.3) is 5.69 Å². The third-order valence-corrected chi connectivity index (χ3v) is 6.17. The van der Waals surface area contributed by atoms with Gasteiger partial charge in [0.25, 0.3) is 0 Å². The number of aromatic nitrogens is 2. The molecule has 1 aromatic heterocycles. The molecule has 1 amide bonds. The SMILES string of the molecule is CCOc1ccc([C@H]2SCC(=O)Nc3c2c(C)nn3-c2ccccc2Cl)cc1. The van der Waals surface area contributed by atoms with E-state index >= 15 is 0 Å². The number of amides is 1. The Bertz CT molecular complexity index is 1020. The van der Waals surface area contributed by atoms with Crippen molar-refractivity contribution in [3.05, 3.63) is 70.4 Å². The topological polar surface area (TPSA) is 56.1 Å². The van der Waals surface area contributed by atoms with Gasteiger partial charge in [-0.3, -0.25) is 4.79 Å². The third kappa shape index (κ3) is 3.50. The lowest BCUT2D eigenvalue weighted by Gasteiger charge is -2.16. The van der Waals surface area contributed by atoms with E-state index in [1.807, 2.05) is 50.2 Å². The van der Waals surface area contributed by atoms with Gasteiger partial charge in [0.1, 0.15) is 11.6 Å². The molecule has 0 saturated carbocycles. The number of carbonyl (C=O) groups is 1. The van der Waals surface area contributed by atoms with Gasteiger partial charge < -0.3 is 10.1 Å². The van der Waals surface area contributed by atoms with Gasteiger partial charge in [-0.2, -0.15) is 5.10 Å². The number of nitrogens with one attached hydrogen (secondary N) is 1.